The molecule has 0 spiro atoms. The fraction of sp³-hybridized carbons (Fsp3) is 0.500. The van der Waals surface area contributed by atoms with Crippen molar-refractivity contribution in [2.24, 2.45) is 11.8 Å². The van der Waals surface area contributed by atoms with Gasteiger partial charge in [0.25, 0.3) is 0 Å². The van der Waals surface area contributed by atoms with Crippen molar-refractivity contribution < 1.29 is 9.90 Å². The molecule has 0 heterocycles. The summed E-state index contributed by atoms with van der Waals surface area (Å²) >= 11 is 0. The molecule has 0 saturated heterocycles. The molecule has 2 nitrogen and oxygen atoms in total. The quantitative estimate of drug-likeness (QED) is 0.825. The van der Waals surface area contributed by atoms with Crippen LogP contribution in [-0.2, 0) is 11.2 Å². The molecule has 0 aromatic heterocycles. The first-order valence-electron chi connectivity index (χ1n) is 5.95. The van der Waals surface area contributed by atoms with Gasteiger partial charge in [0.2, 0.25) is 0 Å². The number of aliphatic carboxylic acids is 1. The maximum Gasteiger partial charge on any atom is 0.307 e. The predicted molar refractivity (Wildman–Crippen MR) is 61.6 cm³/mol. The Labute approximate surface area is 95.3 Å². The summed E-state index contributed by atoms with van der Waals surface area (Å²) in [7, 11) is 0. The second-order valence-electron chi connectivity index (χ2n) is 5.37. The van der Waals surface area contributed by atoms with E-state index in [0.29, 0.717) is 17.8 Å². The lowest BCUT2D eigenvalue weighted by Crippen LogP contribution is -2.05. The van der Waals surface area contributed by atoms with E-state index < -0.39 is 5.97 Å². The highest BCUT2D eigenvalue weighted by molar-refractivity contribution is 5.77. The maximum atomic E-state index is 11.0. The minimum Gasteiger partial charge on any atom is -0.481 e. The summed E-state index contributed by atoms with van der Waals surface area (Å²) in [5.41, 5.74) is 4.05. The third kappa shape index (κ3) is 1.22. The Balaban J connectivity index is 1.92. The van der Waals surface area contributed by atoms with E-state index in [-0.39, 0.29) is 5.92 Å². The number of rotatable bonds is 2. The Morgan fingerprint density at radius 3 is 2.81 bits per heavy atom. The van der Waals surface area contributed by atoms with E-state index in [4.69, 9.17) is 5.11 Å². The van der Waals surface area contributed by atoms with Crippen LogP contribution in [-0.4, -0.2) is 11.1 Å². The first-order chi connectivity index (χ1) is 7.59. The van der Waals surface area contributed by atoms with Crippen molar-refractivity contribution in [3.63, 3.8) is 0 Å². The van der Waals surface area contributed by atoms with Crippen LogP contribution >= 0.6 is 0 Å². The lowest BCUT2D eigenvalue weighted by molar-refractivity contribution is -0.139. The smallest absolute Gasteiger partial charge is 0.307 e. The van der Waals surface area contributed by atoms with Crippen LogP contribution in [0.3, 0.4) is 0 Å². The zero-order chi connectivity index (χ0) is 11.4. The molecule has 2 aliphatic rings. The zero-order valence-corrected chi connectivity index (χ0v) is 9.60. The van der Waals surface area contributed by atoms with Gasteiger partial charge in [-0.2, -0.15) is 0 Å². The number of carboxylic acids is 1. The highest BCUT2D eigenvalue weighted by Crippen LogP contribution is 2.61. The highest BCUT2D eigenvalue weighted by Gasteiger charge is 2.59. The van der Waals surface area contributed by atoms with E-state index in [1.54, 1.807) is 0 Å². The van der Waals surface area contributed by atoms with Gasteiger partial charge in [0.15, 0.2) is 0 Å². The van der Waals surface area contributed by atoms with Gasteiger partial charge in [-0.15, -0.1) is 0 Å². The van der Waals surface area contributed by atoms with Crippen LogP contribution in [0.5, 0.6) is 0 Å². The number of fused-ring (bicyclic) bond motifs is 3. The number of hydrogen-bond acceptors (Lipinski definition) is 1. The molecule has 16 heavy (non-hydrogen) atoms. The molecule has 1 saturated carbocycles. The normalized spacial score (nSPS) is 30.1. The van der Waals surface area contributed by atoms with Crippen LogP contribution in [0.4, 0.5) is 0 Å². The molecule has 1 N–H and O–H groups in total. The molecule has 84 valence electrons. The molecule has 2 heteroatoms. The standard InChI is InChI=1S/C14H16O2/c1-7(2)8-3-4-10-9(5-8)6-11-12(10)13(11)14(15)16/h3-5,7,11-13H,6H2,1-2H3,(H,15,16)/t11-,12-,13-/m0/s1. The maximum absolute atomic E-state index is 11.0. The lowest BCUT2D eigenvalue weighted by Gasteiger charge is -2.10. The largest absolute Gasteiger partial charge is 0.481 e. The summed E-state index contributed by atoms with van der Waals surface area (Å²) < 4.78 is 0. The molecule has 1 aromatic rings. The van der Waals surface area contributed by atoms with Crippen LogP contribution in [0.15, 0.2) is 18.2 Å². The van der Waals surface area contributed by atoms with Crippen LogP contribution in [0, 0.1) is 11.8 Å². The number of carbonyl (C=O) groups is 1. The molecule has 1 fully saturated rings. The number of benzene rings is 1. The summed E-state index contributed by atoms with van der Waals surface area (Å²) in [5, 5.41) is 9.03. The Bertz CT molecular complexity index is 462. The molecule has 0 amide bonds. The number of hydrogen-bond donors (Lipinski definition) is 1. The first-order valence-corrected chi connectivity index (χ1v) is 5.95. The van der Waals surface area contributed by atoms with Crippen molar-refractivity contribution in [2.75, 3.05) is 0 Å². The molecule has 0 aliphatic heterocycles. The zero-order valence-electron chi connectivity index (χ0n) is 9.60. The van der Waals surface area contributed by atoms with Crippen molar-refractivity contribution in [3.05, 3.63) is 34.9 Å². The fourth-order valence-electron chi connectivity index (χ4n) is 3.13. The van der Waals surface area contributed by atoms with Crippen molar-refractivity contribution >= 4 is 5.97 Å². The van der Waals surface area contributed by atoms with E-state index in [2.05, 4.69) is 32.0 Å². The summed E-state index contributed by atoms with van der Waals surface area (Å²) in [4.78, 5) is 11.0. The second kappa shape index (κ2) is 3.09. The van der Waals surface area contributed by atoms with Gasteiger partial charge in [0.05, 0.1) is 5.92 Å². The molecule has 0 unspecified atom stereocenters. The van der Waals surface area contributed by atoms with Crippen molar-refractivity contribution in [2.45, 2.75) is 32.1 Å². The van der Waals surface area contributed by atoms with Crippen molar-refractivity contribution in [1.82, 2.24) is 0 Å². The SMILES string of the molecule is CC(C)c1ccc2c(c1)C[C@@H]1[C@H](C(=O)O)[C@@H]21. The average Bonchev–Trinajstić information content (AvgIpc) is 2.82. The summed E-state index contributed by atoms with van der Waals surface area (Å²) in [6.07, 6.45) is 0.970. The Morgan fingerprint density at radius 1 is 1.44 bits per heavy atom. The molecule has 3 rings (SSSR count). The van der Waals surface area contributed by atoms with Gasteiger partial charge >= 0.3 is 5.97 Å². The Kier molecular flexibility index (Phi) is 1.91. The summed E-state index contributed by atoms with van der Waals surface area (Å²) in [6.45, 7) is 4.38. The summed E-state index contributed by atoms with van der Waals surface area (Å²) in [5.74, 6) is 0.534. The average molecular weight is 216 g/mol. The predicted octanol–water partition coefficient (Wildman–Crippen LogP) is 2.78. The van der Waals surface area contributed by atoms with Gasteiger partial charge in [-0.25, -0.2) is 0 Å². The van der Waals surface area contributed by atoms with Crippen LogP contribution < -0.4 is 0 Å². The van der Waals surface area contributed by atoms with Gasteiger partial charge in [-0.05, 0) is 34.9 Å². The molecule has 0 bridgehead atoms. The van der Waals surface area contributed by atoms with E-state index in [0.717, 1.165) is 6.42 Å². The van der Waals surface area contributed by atoms with E-state index in [1.807, 2.05) is 0 Å². The monoisotopic (exact) mass is 216 g/mol. The molecule has 1 aromatic carbocycles. The van der Waals surface area contributed by atoms with Gasteiger partial charge in [0.1, 0.15) is 0 Å². The third-order valence-corrected chi connectivity index (χ3v) is 4.10. The highest BCUT2D eigenvalue weighted by atomic mass is 16.4. The number of carboxylic acid groups (broad SMARTS) is 1. The molecule has 3 atom stereocenters. The molecular formula is C14H16O2. The van der Waals surface area contributed by atoms with E-state index in [1.165, 1.54) is 16.7 Å². The van der Waals surface area contributed by atoms with Crippen LogP contribution in [0.1, 0.15) is 42.4 Å². The minimum atomic E-state index is -0.617. The second-order valence-corrected chi connectivity index (χ2v) is 5.37. The summed E-state index contributed by atoms with van der Waals surface area (Å²) in [6, 6.07) is 6.58. The van der Waals surface area contributed by atoms with Gasteiger partial charge in [0, 0.05) is 5.92 Å². The van der Waals surface area contributed by atoms with Crippen molar-refractivity contribution in [1.29, 1.82) is 0 Å². The van der Waals surface area contributed by atoms with Crippen LogP contribution in [0.2, 0.25) is 0 Å². The van der Waals surface area contributed by atoms with Gasteiger partial charge < -0.3 is 5.11 Å². The van der Waals surface area contributed by atoms with Crippen LogP contribution in [0.25, 0.3) is 0 Å². The molecule has 0 radical (unpaired) electrons. The molecular weight excluding hydrogens is 200 g/mol. The van der Waals surface area contributed by atoms with E-state index in [9.17, 15) is 4.79 Å². The van der Waals surface area contributed by atoms with Crippen molar-refractivity contribution in [3.8, 4) is 0 Å². The lowest BCUT2D eigenvalue weighted by atomic mass is 9.95. The Hall–Kier alpha value is -1.31. The fourth-order valence-corrected chi connectivity index (χ4v) is 3.13. The topological polar surface area (TPSA) is 37.3 Å². The molecule has 2 aliphatic carbocycles. The van der Waals surface area contributed by atoms with E-state index >= 15 is 0 Å². The Morgan fingerprint density at radius 2 is 2.19 bits per heavy atom. The first kappa shape index (κ1) is 9.88. The van der Waals surface area contributed by atoms with Gasteiger partial charge in [-0.1, -0.05) is 32.0 Å². The minimum absolute atomic E-state index is 0.0996. The van der Waals surface area contributed by atoms with Gasteiger partial charge in [-0.3, -0.25) is 4.79 Å². The third-order valence-electron chi connectivity index (χ3n) is 4.10.